The van der Waals surface area contributed by atoms with Crippen LogP contribution in [-0.4, -0.2) is 10.3 Å². The molecular weight excluding hydrogens is 641 g/mol. The standard InChI is InChI=1S/C27H20.C24H22N2/c1-18(2)19-8-7-9-20(16-19)21-14-15-26-24-12-4-3-10-22(24)23-11-5-6-13-25(23)27(26)17-21;1-17(2)24(25-18(3)19-11-5-4-6-12-19)26-22-15-9-7-13-20(22)21-14-8-10-16-23(21)26/h3-17H,1H2,2H3;4-16H,1-3H3/b;25-18+. The summed E-state index contributed by atoms with van der Waals surface area (Å²) in [6.07, 6.45) is 0. The SMILES string of the molecule is C=C(C)c1cccc(-c2ccc3c4ccccc4c4ccccc4c3c2)c1.CC(C)=C(/N=C(\C)c1ccccc1)n1c2ccccc2c2ccccc21. The van der Waals surface area contributed by atoms with Crippen molar-refractivity contribution >= 4 is 71.2 Å². The lowest BCUT2D eigenvalue weighted by atomic mass is 9.91. The van der Waals surface area contributed by atoms with Crippen LogP contribution in [0.3, 0.4) is 0 Å². The first-order chi connectivity index (χ1) is 25.9. The first-order valence-electron chi connectivity index (χ1n) is 18.3. The fraction of sp³-hybridized carbons (Fsp3) is 0.0784. The van der Waals surface area contributed by atoms with Crippen molar-refractivity contribution in [2.45, 2.75) is 27.7 Å². The van der Waals surface area contributed by atoms with E-state index in [0.29, 0.717) is 0 Å². The molecule has 1 aromatic heterocycles. The first kappa shape index (κ1) is 33.6. The highest BCUT2D eigenvalue weighted by molar-refractivity contribution is 6.25. The predicted molar refractivity (Wildman–Crippen MR) is 232 cm³/mol. The highest BCUT2D eigenvalue weighted by Gasteiger charge is 2.14. The molecular formula is C51H42N2. The van der Waals surface area contributed by atoms with Gasteiger partial charge in [-0.1, -0.05) is 158 Å². The van der Waals surface area contributed by atoms with Crippen molar-refractivity contribution in [3.05, 3.63) is 193 Å². The second-order valence-electron chi connectivity index (χ2n) is 14.0. The van der Waals surface area contributed by atoms with Gasteiger partial charge in [-0.2, -0.15) is 0 Å². The Morgan fingerprint density at radius 1 is 0.415 bits per heavy atom. The van der Waals surface area contributed by atoms with E-state index in [2.05, 4.69) is 203 Å². The van der Waals surface area contributed by atoms with E-state index >= 15 is 0 Å². The Bertz CT molecular complexity index is 2790. The lowest BCUT2D eigenvalue weighted by Gasteiger charge is -2.12. The Balaban J connectivity index is 0.000000151. The van der Waals surface area contributed by atoms with E-state index in [1.54, 1.807) is 0 Å². The molecule has 0 aliphatic rings. The molecule has 0 bridgehead atoms. The number of benzene rings is 8. The average molecular weight is 683 g/mol. The van der Waals surface area contributed by atoms with E-state index in [4.69, 9.17) is 4.99 Å². The van der Waals surface area contributed by atoms with Crippen molar-refractivity contribution < 1.29 is 0 Å². The van der Waals surface area contributed by atoms with Gasteiger partial charge >= 0.3 is 0 Å². The smallest absolute Gasteiger partial charge is 0.136 e. The number of allylic oxidation sites excluding steroid dienone is 2. The highest BCUT2D eigenvalue weighted by Crippen LogP contribution is 2.37. The Kier molecular flexibility index (Phi) is 9.04. The summed E-state index contributed by atoms with van der Waals surface area (Å²) >= 11 is 0. The molecule has 0 aliphatic carbocycles. The predicted octanol–water partition coefficient (Wildman–Crippen LogP) is 14.4. The van der Waals surface area contributed by atoms with Crippen molar-refractivity contribution in [2.75, 3.05) is 0 Å². The van der Waals surface area contributed by atoms with Crippen LogP contribution in [-0.2, 0) is 0 Å². The van der Waals surface area contributed by atoms with E-state index in [9.17, 15) is 0 Å². The molecule has 1 heterocycles. The number of aromatic nitrogens is 1. The molecule has 0 unspecified atom stereocenters. The second-order valence-corrected chi connectivity index (χ2v) is 14.0. The molecule has 0 fully saturated rings. The van der Waals surface area contributed by atoms with Gasteiger partial charge in [0, 0.05) is 16.5 Å². The lowest BCUT2D eigenvalue weighted by molar-refractivity contribution is 1.13. The van der Waals surface area contributed by atoms with Crippen LogP contribution in [0.15, 0.2) is 187 Å². The summed E-state index contributed by atoms with van der Waals surface area (Å²) in [4.78, 5) is 5.05. The molecule has 0 spiro atoms. The van der Waals surface area contributed by atoms with Gasteiger partial charge in [0.2, 0.25) is 0 Å². The van der Waals surface area contributed by atoms with Gasteiger partial charge < -0.3 is 0 Å². The summed E-state index contributed by atoms with van der Waals surface area (Å²) in [5, 5.41) is 10.4. The number of fused-ring (bicyclic) bond motifs is 9. The topological polar surface area (TPSA) is 17.3 Å². The Morgan fingerprint density at radius 3 is 1.42 bits per heavy atom. The van der Waals surface area contributed by atoms with Gasteiger partial charge in [0.15, 0.2) is 0 Å². The summed E-state index contributed by atoms with van der Waals surface area (Å²) < 4.78 is 2.28. The third-order valence-corrected chi connectivity index (χ3v) is 10.1. The minimum atomic E-state index is 0.990. The highest BCUT2D eigenvalue weighted by atomic mass is 15.1. The normalized spacial score (nSPS) is 11.6. The van der Waals surface area contributed by atoms with E-state index in [0.717, 1.165) is 22.7 Å². The van der Waals surface area contributed by atoms with Crippen LogP contribution in [0.2, 0.25) is 0 Å². The molecule has 0 radical (unpaired) electrons. The molecule has 0 saturated carbocycles. The molecule has 2 nitrogen and oxygen atoms in total. The average Bonchev–Trinajstić information content (AvgIpc) is 3.54. The quantitative estimate of drug-likeness (QED) is 0.127. The molecule has 9 aromatic rings. The van der Waals surface area contributed by atoms with E-state index in [1.807, 2.05) is 6.07 Å². The number of hydrogen-bond donors (Lipinski definition) is 0. The van der Waals surface area contributed by atoms with Gasteiger partial charge in [0.25, 0.3) is 0 Å². The van der Waals surface area contributed by atoms with Gasteiger partial charge in [0.05, 0.1) is 11.0 Å². The zero-order valence-corrected chi connectivity index (χ0v) is 30.8. The van der Waals surface area contributed by atoms with Gasteiger partial charge in [-0.15, -0.1) is 0 Å². The number of hydrogen-bond acceptors (Lipinski definition) is 1. The molecule has 0 saturated heterocycles. The Morgan fingerprint density at radius 2 is 0.868 bits per heavy atom. The van der Waals surface area contributed by atoms with Crippen LogP contribution in [0.1, 0.15) is 38.8 Å². The first-order valence-corrected chi connectivity index (χ1v) is 18.3. The fourth-order valence-electron chi connectivity index (χ4n) is 7.49. The number of rotatable bonds is 5. The van der Waals surface area contributed by atoms with Gasteiger partial charge in [-0.25, -0.2) is 4.99 Å². The van der Waals surface area contributed by atoms with E-state index in [-0.39, 0.29) is 0 Å². The maximum Gasteiger partial charge on any atom is 0.136 e. The molecule has 8 aromatic carbocycles. The second kappa shape index (κ2) is 14.3. The van der Waals surface area contributed by atoms with Gasteiger partial charge in [-0.05, 0) is 112 Å². The summed E-state index contributed by atoms with van der Waals surface area (Å²) in [5.74, 6) is 0.990. The minimum absolute atomic E-state index is 0.990. The van der Waals surface area contributed by atoms with Crippen LogP contribution in [0.4, 0.5) is 0 Å². The lowest BCUT2D eigenvalue weighted by Crippen LogP contribution is -2.02. The van der Waals surface area contributed by atoms with Crippen molar-refractivity contribution in [3.8, 4) is 11.1 Å². The molecule has 0 atom stereocenters. The van der Waals surface area contributed by atoms with Crippen molar-refractivity contribution in [1.82, 2.24) is 4.57 Å². The maximum atomic E-state index is 5.05. The zero-order valence-electron chi connectivity index (χ0n) is 30.8. The molecule has 2 heteroatoms. The molecule has 0 amide bonds. The van der Waals surface area contributed by atoms with E-state index in [1.165, 1.54) is 76.4 Å². The Labute approximate surface area is 311 Å². The summed E-state index contributed by atoms with van der Waals surface area (Å²) in [6.45, 7) is 12.5. The van der Waals surface area contributed by atoms with Crippen LogP contribution in [0.25, 0.3) is 76.6 Å². The molecule has 53 heavy (non-hydrogen) atoms. The van der Waals surface area contributed by atoms with Crippen LogP contribution >= 0.6 is 0 Å². The van der Waals surface area contributed by atoms with Crippen LogP contribution in [0.5, 0.6) is 0 Å². The fourth-order valence-corrected chi connectivity index (χ4v) is 7.49. The van der Waals surface area contributed by atoms with Gasteiger partial charge in [0.1, 0.15) is 5.82 Å². The van der Waals surface area contributed by atoms with Crippen LogP contribution in [0, 0.1) is 0 Å². The Hall–Kier alpha value is -6.51. The molecule has 256 valence electrons. The van der Waals surface area contributed by atoms with Crippen molar-refractivity contribution in [2.24, 2.45) is 4.99 Å². The molecule has 0 aliphatic heterocycles. The van der Waals surface area contributed by atoms with Gasteiger partial charge in [-0.3, -0.25) is 4.57 Å². The van der Waals surface area contributed by atoms with E-state index < -0.39 is 0 Å². The number of nitrogens with zero attached hydrogens (tertiary/aromatic N) is 2. The molecule has 0 N–H and O–H groups in total. The minimum Gasteiger partial charge on any atom is -0.294 e. The van der Waals surface area contributed by atoms with Crippen LogP contribution < -0.4 is 0 Å². The monoisotopic (exact) mass is 682 g/mol. The van der Waals surface area contributed by atoms with Crippen molar-refractivity contribution in [3.63, 3.8) is 0 Å². The third kappa shape index (κ3) is 6.34. The number of para-hydroxylation sites is 2. The third-order valence-electron chi connectivity index (χ3n) is 10.1. The zero-order chi connectivity index (χ0) is 36.5. The summed E-state index contributed by atoms with van der Waals surface area (Å²) in [5.41, 5.74) is 10.5. The number of aliphatic imine (C=N–C) groups is 1. The summed E-state index contributed by atoms with van der Waals surface area (Å²) in [6, 6.07) is 60.3. The maximum absolute atomic E-state index is 5.05. The van der Waals surface area contributed by atoms with Crippen molar-refractivity contribution in [1.29, 1.82) is 0 Å². The molecule has 9 rings (SSSR count). The largest absolute Gasteiger partial charge is 0.294 e. The summed E-state index contributed by atoms with van der Waals surface area (Å²) in [7, 11) is 0.